The number of hydrogen-bond donors (Lipinski definition) is 2. The van der Waals surface area contributed by atoms with Crippen LogP contribution in [0.4, 0.5) is 30.8 Å². The molecule has 0 bridgehead atoms. The quantitative estimate of drug-likeness (QED) is 0.850. The molecule has 20 heavy (non-hydrogen) atoms. The van der Waals surface area contributed by atoms with Gasteiger partial charge in [0.1, 0.15) is 0 Å². The minimum atomic E-state index is -1.54. The number of hydrogen-bond acceptors (Lipinski definition) is 5. The monoisotopic (exact) mass is 303 g/mol. The van der Waals surface area contributed by atoms with E-state index in [4.69, 9.17) is 11.6 Å². The van der Waals surface area contributed by atoms with Crippen LogP contribution in [0.1, 0.15) is 6.92 Å². The lowest BCUT2D eigenvalue weighted by Crippen LogP contribution is -2.07. The van der Waals surface area contributed by atoms with Crippen molar-refractivity contribution in [1.82, 2.24) is 15.0 Å². The van der Waals surface area contributed by atoms with E-state index in [2.05, 4.69) is 25.6 Å². The average Bonchev–Trinajstić information content (AvgIpc) is 2.35. The fraction of sp³-hybridized carbons (Fsp3) is 0.182. The Labute approximate surface area is 117 Å². The molecular weight excluding hydrogens is 295 g/mol. The molecule has 0 fully saturated rings. The first-order valence-electron chi connectivity index (χ1n) is 5.56. The summed E-state index contributed by atoms with van der Waals surface area (Å²) in [5.41, 5.74) is -0.0499. The molecule has 9 heteroatoms. The van der Waals surface area contributed by atoms with Crippen molar-refractivity contribution in [3.05, 3.63) is 34.9 Å². The molecule has 0 radical (unpaired) electrons. The van der Waals surface area contributed by atoms with Gasteiger partial charge in [0, 0.05) is 24.4 Å². The summed E-state index contributed by atoms with van der Waals surface area (Å²) in [5, 5.41) is 5.23. The van der Waals surface area contributed by atoms with Gasteiger partial charge in [-0.2, -0.15) is 15.0 Å². The van der Waals surface area contributed by atoms with Crippen molar-refractivity contribution in [2.24, 2.45) is 0 Å². The van der Waals surface area contributed by atoms with Crippen LogP contribution in [0.2, 0.25) is 5.28 Å². The SMILES string of the molecule is CCNc1nc(Cl)nc(Nc2cc(F)c(F)c(F)c2)n1. The number of nitrogens with one attached hydrogen (secondary N) is 2. The van der Waals surface area contributed by atoms with E-state index in [-0.39, 0.29) is 22.9 Å². The molecule has 5 nitrogen and oxygen atoms in total. The number of rotatable bonds is 4. The molecule has 2 aromatic rings. The highest BCUT2D eigenvalue weighted by molar-refractivity contribution is 6.28. The topological polar surface area (TPSA) is 62.7 Å². The van der Waals surface area contributed by atoms with Gasteiger partial charge in [0.05, 0.1) is 0 Å². The molecule has 2 rings (SSSR count). The third-order valence-electron chi connectivity index (χ3n) is 2.18. The van der Waals surface area contributed by atoms with Crippen molar-refractivity contribution in [3.8, 4) is 0 Å². The molecule has 0 aliphatic heterocycles. The standard InChI is InChI=1S/C11H9ClF3N5/c1-2-16-10-18-9(12)19-11(20-10)17-5-3-6(13)8(15)7(14)4-5/h3-4H,2H2,1H3,(H2,16,17,18,19,20). The summed E-state index contributed by atoms with van der Waals surface area (Å²) in [5.74, 6) is -4.00. The van der Waals surface area contributed by atoms with Crippen LogP contribution in [0.25, 0.3) is 0 Å². The van der Waals surface area contributed by atoms with Crippen LogP contribution in [0.3, 0.4) is 0 Å². The number of aromatic nitrogens is 3. The van der Waals surface area contributed by atoms with Crippen LogP contribution in [0.5, 0.6) is 0 Å². The summed E-state index contributed by atoms with van der Waals surface area (Å²) >= 11 is 5.69. The molecule has 0 aliphatic carbocycles. The summed E-state index contributed by atoms with van der Waals surface area (Å²) in [6, 6.07) is 1.56. The largest absolute Gasteiger partial charge is 0.354 e. The van der Waals surface area contributed by atoms with Crippen LogP contribution in [-0.4, -0.2) is 21.5 Å². The minimum Gasteiger partial charge on any atom is -0.354 e. The van der Waals surface area contributed by atoms with Gasteiger partial charge >= 0.3 is 0 Å². The summed E-state index contributed by atoms with van der Waals surface area (Å²) in [6.07, 6.45) is 0. The zero-order valence-electron chi connectivity index (χ0n) is 10.2. The number of anilines is 3. The normalized spacial score (nSPS) is 10.4. The van der Waals surface area contributed by atoms with Gasteiger partial charge in [-0.15, -0.1) is 0 Å². The second kappa shape index (κ2) is 5.91. The van der Waals surface area contributed by atoms with Gasteiger partial charge in [0.15, 0.2) is 17.5 Å². The lowest BCUT2D eigenvalue weighted by molar-refractivity contribution is 0.448. The van der Waals surface area contributed by atoms with Crippen molar-refractivity contribution < 1.29 is 13.2 Å². The lowest BCUT2D eigenvalue weighted by Gasteiger charge is -2.08. The molecule has 0 saturated heterocycles. The summed E-state index contributed by atoms with van der Waals surface area (Å²) < 4.78 is 39.0. The third-order valence-corrected chi connectivity index (χ3v) is 2.35. The fourth-order valence-electron chi connectivity index (χ4n) is 1.40. The second-order valence-electron chi connectivity index (χ2n) is 3.66. The van der Waals surface area contributed by atoms with Crippen molar-refractivity contribution in [2.75, 3.05) is 17.2 Å². The van der Waals surface area contributed by atoms with Crippen molar-refractivity contribution in [3.63, 3.8) is 0 Å². The molecule has 0 spiro atoms. The van der Waals surface area contributed by atoms with E-state index in [1.54, 1.807) is 0 Å². The fourth-order valence-corrected chi connectivity index (χ4v) is 1.56. The van der Waals surface area contributed by atoms with Crippen LogP contribution in [-0.2, 0) is 0 Å². The Morgan fingerprint density at radius 1 is 1.05 bits per heavy atom. The van der Waals surface area contributed by atoms with Crippen LogP contribution in [0.15, 0.2) is 12.1 Å². The first-order valence-corrected chi connectivity index (χ1v) is 5.94. The first kappa shape index (κ1) is 14.3. The zero-order valence-corrected chi connectivity index (χ0v) is 11.0. The lowest BCUT2D eigenvalue weighted by atomic mass is 10.3. The Morgan fingerprint density at radius 2 is 1.65 bits per heavy atom. The first-order chi connectivity index (χ1) is 9.49. The number of nitrogens with zero attached hydrogens (tertiary/aromatic N) is 3. The van der Waals surface area contributed by atoms with E-state index in [1.807, 2.05) is 6.92 Å². The molecule has 0 amide bonds. The average molecular weight is 304 g/mol. The number of benzene rings is 1. The van der Waals surface area contributed by atoms with Gasteiger partial charge in [-0.25, -0.2) is 13.2 Å². The molecule has 0 unspecified atom stereocenters. The smallest absolute Gasteiger partial charge is 0.233 e. The Balaban J connectivity index is 2.30. The summed E-state index contributed by atoms with van der Waals surface area (Å²) in [6.45, 7) is 2.38. The Morgan fingerprint density at radius 3 is 2.25 bits per heavy atom. The van der Waals surface area contributed by atoms with Gasteiger partial charge in [-0.05, 0) is 18.5 Å². The maximum atomic E-state index is 13.1. The highest BCUT2D eigenvalue weighted by atomic mass is 35.5. The van der Waals surface area contributed by atoms with Crippen molar-refractivity contribution >= 4 is 29.2 Å². The van der Waals surface area contributed by atoms with Crippen LogP contribution < -0.4 is 10.6 Å². The van der Waals surface area contributed by atoms with Crippen molar-refractivity contribution in [1.29, 1.82) is 0 Å². The molecule has 0 atom stereocenters. The van der Waals surface area contributed by atoms with Crippen molar-refractivity contribution in [2.45, 2.75) is 6.92 Å². The molecule has 1 heterocycles. The maximum Gasteiger partial charge on any atom is 0.233 e. The van der Waals surface area contributed by atoms with E-state index in [1.165, 1.54) is 0 Å². The zero-order chi connectivity index (χ0) is 14.7. The molecular formula is C11H9ClF3N5. The maximum absolute atomic E-state index is 13.1. The predicted octanol–water partition coefficient (Wildman–Crippen LogP) is 3.12. The van der Waals surface area contributed by atoms with E-state index in [0.717, 1.165) is 12.1 Å². The summed E-state index contributed by atoms with van der Waals surface area (Å²) in [7, 11) is 0. The van der Waals surface area contributed by atoms with E-state index in [9.17, 15) is 13.2 Å². The van der Waals surface area contributed by atoms with Gasteiger partial charge in [0.2, 0.25) is 17.2 Å². The Kier molecular flexibility index (Phi) is 4.23. The molecule has 0 aliphatic rings. The van der Waals surface area contributed by atoms with E-state index in [0.29, 0.717) is 6.54 Å². The van der Waals surface area contributed by atoms with Gasteiger partial charge < -0.3 is 10.6 Å². The second-order valence-corrected chi connectivity index (χ2v) is 4.00. The summed E-state index contributed by atoms with van der Waals surface area (Å²) in [4.78, 5) is 11.5. The molecule has 1 aromatic carbocycles. The van der Waals surface area contributed by atoms with Gasteiger partial charge in [-0.3, -0.25) is 0 Å². The predicted molar refractivity (Wildman–Crippen MR) is 68.6 cm³/mol. The van der Waals surface area contributed by atoms with E-state index >= 15 is 0 Å². The van der Waals surface area contributed by atoms with Crippen LogP contribution >= 0.6 is 11.6 Å². The highest BCUT2D eigenvalue weighted by Gasteiger charge is 2.12. The highest BCUT2D eigenvalue weighted by Crippen LogP contribution is 2.20. The van der Waals surface area contributed by atoms with E-state index < -0.39 is 17.5 Å². The van der Waals surface area contributed by atoms with Crippen LogP contribution in [0, 0.1) is 17.5 Å². The Hall–Kier alpha value is -2.09. The number of halogens is 4. The molecule has 2 N–H and O–H groups in total. The van der Waals surface area contributed by atoms with Gasteiger partial charge in [0.25, 0.3) is 0 Å². The Bertz CT molecular complexity index is 614. The molecule has 1 aromatic heterocycles. The molecule has 0 saturated carbocycles. The minimum absolute atomic E-state index is 0.0219. The third kappa shape index (κ3) is 3.27. The van der Waals surface area contributed by atoms with Gasteiger partial charge in [-0.1, -0.05) is 0 Å². The molecule has 106 valence electrons.